The average molecular weight is 284 g/mol. The van der Waals surface area contributed by atoms with Gasteiger partial charge in [0.15, 0.2) is 5.82 Å². The van der Waals surface area contributed by atoms with Gasteiger partial charge in [0, 0.05) is 17.0 Å². The van der Waals surface area contributed by atoms with Crippen molar-refractivity contribution in [1.29, 1.82) is 0 Å². The highest BCUT2D eigenvalue weighted by molar-refractivity contribution is 6.34. The maximum atomic E-state index is 6.19. The van der Waals surface area contributed by atoms with Gasteiger partial charge in [-0.15, -0.1) is 5.10 Å². The fourth-order valence-corrected chi connectivity index (χ4v) is 2.47. The van der Waals surface area contributed by atoms with Gasteiger partial charge in [0.25, 0.3) is 0 Å². The van der Waals surface area contributed by atoms with Crippen LogP contribution in [0, 0.1) is 0 Å². The number of aromatic nitrogens is 2. The highest BCUT2D eigenvalue weighted by Crippen LogP contribution is 2.30. The third-order valence-corrected chi connectivity index (χ3v) is 3.54. The van der Waals surface area contributed by atoms with E-state index in [9.17, 15) is 0 Å². The first-order chi connectivity index (χ1) is 8.66. The van der Waals surface area contributed by atoms with Crippen LogP contribution >= 0.6 is 23.2 Å². The lowest BCUT2D eigenvalue weighted by molar-refractivity contribution is 0.110. The van der Waals surface area contributed by atoms with Crippen molar-refractivity contribution in [2.24, 2.45) is 0 Å². The summed E-state index contributed by atoms with van der Waals surface area (Å²) >= 11 is 12.2. The van der Waals surface area contributed by atoms with Crippen molar-refractivity contribution in [3.8, 4) is 5.69 Å². The fourth-order valence-electron chi connectivity index (χ4n) is 2.11. The zero-order valence-electron chi connectivity index (χ0n) is 9.49. The number of nitrogens with zero attached hydrogens (tertiary/aromatic N) is 2. The van der Waals surface area contributed by atoms with E-state index in [1.807, 2.05) is 0 Å². The predicted octanol–water partition coefficient (Wildman–Crippen LogP) is 2.83. The Morgan fingerprint density at radius 2 is 2.17 bits per heavy atom. The van der Waals surface area contributed by atoms with Crippen molar-refractivity contribution in [1.82, 2.24) is 9.78 Å². The van der Waals surface area contributed by atoms with E-state index in [1.54, 1.807) is 22.9 Å². The second-order valence-corrected chi connectivity index (χ2v) is 4.96. The van der Waals surface area contributed by atoms with Gasteiger partial charge >= 0.3 is 0 Å². The second-order valence-electron chi connectivity index (χ2n) is 4.12. The number of benzene rings is 1. The van der Waals surface area contributed by atoms with Crippen molar-refractivity contribution >= 4 is 29.0 Å². The molecule has 6 heteroatoms. The van der Waals surface area contributed by atoms with E-state index in [4.69, 9.17) is 33.7 Å². The summed E-state index contributed by atoms with van der Waals surface area (Å²) in [6.07, 6.45) is 0.766. The number of hydrogen-bond donors (Lipinski definition) is 1. The molecule has 3 rings (SSSR count). The number of rotatable bonds is 1. The van der Waals surface area contributed by atoms with E-state index in [2.05, 4.69) is 5.10 Å². The monoisotopic (exact) mass is 283 g/mol. The average Bonchev–Trinajstić information content (AvgIpc) is 2.71. The zero-order valence-corrected chi connectivity index (χ0v) is 11.0. The lowest BCUT2D eigenvalue weighted by Gasteiger charge is -2.15. The molecule has 1 aromatic carbocycles. The molecule has 1 aliphatic heterocycles. The Labute approximate surface area is 114 Å². The molecule has 0 unspecified atom stereocenters. The van der Waals surface area contributed by atoms with Crippen LogP contribution in [0.1, 0.15) is 11.3 Å². The number of hydrogen-bond acceptors (Lipinski definition) is 3. The van der Waals surface area contributed by atoms with Gasteiger partial charge in [0.05, 0.1) is 29.6 Å². The predicted molar refractivity (Wildman–Crippen MR) is 71.4 cm³/mol. The molecular weight excluding hydrogens is 273 g/mol. The van der Waals surface area contributed by atoms with Crippen molar-refractivity contribution < 1.29 is 4.74 Å². The van der Waals surface area contributed by atoms with Crippen molar-refractivity contribution in [2.75, 3.05) is 12.3 Å². The largest absolute Gasteiger partial charge is 0.382 e. The summed E-state index contributed by atoms with van der Waals surface area (Å²) in [6.45, 7) is 1.16. The Morgan fingerprint density at radius 3 is 3.00 bits per heavy atom. The van der Waals surface area contributed by atoms with Crippen LogP contribution in [0.15, 0.2) is 18.2 Å². The third kappa shape index (κ3) is 1.86. The molecule has 18 heavy (non-hydrogen) atoms. The fraction of sp³-hybridized carbons (Fsp3) is 0.250. The summed E-state index contributed by atoms with van der Waals surface area (Å²) in [5.74, 6) is 0.487. The molecule has 0 saturated carbocycles. The molecule has 2 heterocycles. The number of ether oxygens (including phenoxy) is 1. The smallest absolute Gasteiger partial charge is 0.151 e. The molecule has 0 radical (unpaired) electrons. The third-order valence-electron chi connectivity index (χ3n) is 2.99. The summed E-state index contributed by atoms with van der Waals surface area (Å²) in [7, 11) is 0. The van der Waals surface area contributed by atoms with Gasteiger partial charge in [-0.1, -0.05) is 23.2 Å². The molecule has 2 aromatic rings. The van der Waals surface area contributed by atoms with Crippen LogP contribution < -0.4 is 5.73 Å². The minimum absolute atomic E-state index is 0.487. The lowest BCUT2D eigenvalue weighted by atomic mass is 10.1. The number of nitrogen functional groups attached to an aromatic ring is 1. The normalized spacial score (nSPS) is 14.6. The van der Waals surface area contributed by atoms with Gasteiger partial charge in [-0.25, -0.2) is 4.68 Å². The highest BCUT2D eigenvalue weighted by Gasteiger charge is 2.21. The van der Waals surface area contributed by atoms with E-state index in [0.717, 1.165) is 23.4 Å². The lowest BCUT2D eigenvalue weighted by Crippen LogP contribution is -2.13. The van der Waals surface area contributed by atoms with Crippen LogP contribution in [0.3, 0.4) is 0 Å². The van der Waals surface area contributed by atoms with Gasteiger partial charge in [0.1, 0.15) is 0 Å². The van der Waals surface area contributed by atoms with E-state index >= 15 is 0 Å². The van der Waals surface area contributed by atoms with Crippen LogP contribution in [0.5, 0.6) is 0 Å². The summed E-state index contributed by atoms with van der Waals surface area (Å²) in [5.41, 5.74) is 8.64. The Hall–Kier alpha value is -1.23. The number of anilines is 1. The van der Waals surface area contributed by atoms with E-state index in [0.29, 0.717) is 29.1 Å². The second kappa shape index (κ2) is 4.46. The summed E-state index contributed by atoms with van der Waals surface area (Å²) in [4.78, 5) is 0. The molecular formula is C12H11Cl2N3O. The molecule has 0 atom stereocenters. The van der Waals surface area contributed by atoms with Crippen LogP contribution in [-0.2, 0) is 17.8 Å². The van der Waals surface area contributed by atoms with Crippen molar-refractivity contribution in [2.45, 2.75) is 13.0 Å². The minimum Gasteiger partial charge on any atom is -0.382 e. The molecule has 1 aliphatic rings. The maximum absolute atomic E-state index is 6.19. The SMILES string of the molecule is Nc1nn(-c2cc(Cl)ccc2Cl)c2c1COCC2. The molecule has 0 bridgehead atoms. The number of nitrogens with two attached hydrogens (primary N) is 1. The zero-order chi connectivity index (χ0) is 12.7. The van der Waals surface area contributed by atoms with Gasteiger partial charge in [-0.2, -0.15) is 0 Å². The van der Waals surface area contributed by atoms with Crippen molar-refractivity contribution in [3.63, 3.8) is 0 Å². The highest BCUT2D eigenvalue weighted by atomic mass is 35.5. The quantitative estimate of drug-likeness (QED) is 0.876. The Morgan fingerprint density at radius 1 is 1.33 bits per heavy atom. The Balaban J connectivity index is 2.20. The van der Waals surface area contributed by atoms with Gasteiger partial charge < -0.3 is 10.5 Å². The van der Waals surface area contributed by atoms with Crippen molar-refractivity contribution in [3.05, 3.63) is 39.5 Å². The summed E-state index contributed by atoms with van der Waals surface area (Å²) in [6, 6.07) is 5.28. The molecule has 2 N–H and O–H groups in total. The topological polar surface area (TPSA) is 53.1 Å². The number of fused-ring (bicyclic) bond motifs is 1. The first-order valence-corrected chi connectivity index (χ1v) is 6.32. The molecule has 4 nitrogen and oxygen atoms in total. The molecule has 0 aliphatic carbocycles. The van der Waals surface area contributed by atoms with E-state index < -0.39 is 0 Å². The first kappa shape index (κ1) is 11.8. The number of halogens is 2. The molecule has 0 saturated heterocycles. The molecule has 1 aromatic heterocycles. The molecule has 0 spiro atoms. The summed E-state index contributed by atoms with van der Waals surface area (Å²) in [5, 5.41) is 5.54. The molecule has 0 amide bonds. The molecule has 0 fully saturated rings. The van der Waals surface area contributed by atoms with E-state index in [-0.39, 0.29) is 0 Å². The van der Waals surface area contributed by atoms with E-state index in [1.165, 1.54) is 0 Å². The van der Waals surface area contributed by atoms with Crippen LogP contribution in [0.2, 0.25) is 10.0 Å². The van der Waals surface area contributed by atoms with Crippen LogP contribution in [-0.4, -0.2) is 16.4 Å². The first-order valence-electron chi connectivity index (χ1n) is 5.56. The summed E-state index contributed by atoms with van der Waals surface area (Å²) < 4.78 is 7.15. The molecule has 94 valence electrons. The van der Waals surface area contributed by atoms with Crippen LogP contribution in [0.4, 0.5) is 5.82 Å². The minimum atomic E-state index is 0.487. The van der Waals surface area contributed by atoms with Gasteiger partial charge in [-0.05, 0) is 18.2 Å². The maximum Gasteiger partial charge on any atom is 0.151 e. The van der Waals surface area contributed by atoms with Crippen LogP contribution in [0.25, 0.3) is 5.69 Å². The Bertz CT molecular complexity index is 610. The van der Waals surface area contributed by atoms with Gasteiger partial charge in [-0.3, -0.25) is 0 Å². The standard InChI is InChI=1S/C12H11Cl2N3O/c13-7-1-2-9(14)11(5-7)17-10-3-4-18-6-8(10)12(15)16-17/h1-2,5H,3-4,6H2,(H2,15,16). The van der Waals surface area contributed by atoms with Gasteiger partial charge in [0.2, 0.25) is 0 Å². The Kier molecular flexibility index (Phi) is 2.93.